The molecule has 28 atom stereocenters. The number of carbonyl (C=O) groups is 14. The lowest BCUT2D eigenvalue weighted by Gasteiger charge is -2.61. The van der Waals surface area contributed by atoms with Gasteiger partial charge >= 0.3 is 59.7 Å². The van der Waals surface area contributed by atoms with Gasteiger partial charge in [-0.3, -0.25) is 67.1 Å². The molecule has 8 heterocycles. The predicted molar refractivity (Wildman–Crippen MR) is 402 cm³/mol. The summed E-state index contributed by atoms with van der Waals surface area (Å²) in [7, 11) is 5.28. The fraction of sp³-hybridized carbons (Fsp3) is 0.659. The van der Waals surface area contributed by atoms with Gasteiger partial charge in [-0.05, 0) is 157 Å². The molecular formula is C88H108O30. The van der Waals surface area contributed by atoms with Gasteiger partial charge in [0.1, 0.15) is 36.6 Å². The first-order chi connectivity index (χ1) is 55.7. The highest BCUT2D eigenvalue weighted by molar-refractivity contribution is 5.96. The Balaban J connectivity index is 0.000000137. The summed E-state index contributed by atoms with van der Waals surface area (Å²) in [6.45, 7) is 17.9. The van der Waals surface area contributed by atoms with Crippen LogP contribution in [0.3, 0.4) is 0 Å². The molecule has 0 bridgehead atoms. The van der Waals surface area contributed by atoms with E-state index in [2.05, 4.69) is 0 Å². The normalized spacial score (nSPS) is 41.2. The van der Waals surface area contributed by atoms with Crippen LogP contribution in [0, 0.1) is 114 Å². The number of carbonyl (C=O) groups excluding carboxylic acids is 14. The summed E-state index contributed by atoms with van der Waals surface area (Å²) in [6, 6.07) is 6.98. The zero-order chi connectivity index (χ0) is 85.6. The minimum absolute atomic E-state index is 0.0643. The van der Waals surface area contributed by atoms with Crippen molar-refractivity contribution in [1.82, 2.24) is 0 Å². The minimum Gasteiger partial charge on any atom is -0.472 e. The number of cyclic esters (lactones) is 4. The van der Waals surface area contributed by atoms with Crippen molar-refractivity contribution < 1.29 is 142 Å². The van der Waals surface area contributed by atoms with Crippen LogP contribution >= 0.6 is 0 Å². The van der Waals surface area contributed by atoms with Crippen LogP contribution in [0.5, 0.6) is 0 Å². The molecule has 12 aliphatic rings. The van der Waals surface area contributed by atoms with E-state index in [4.69, 9.17) is 65.0 Å². The Bertz CT molecular complexity index is 4260. The van der Waals surface area contributed by atoms with Crippen molar-refractivity contribution in [3.05, 3.63) is 96.6 Å². The lowest BCUT2D eigenvalue weighted by atomic mass is 9.43. The highest BCUT2D eigenvalue weighted by Crippen LogP contribution is 2.70. The van der Waals surface area contributed by atoms with E-state index in [0.29, 0.717) is 77.0 Å². The third kappa shape index (κ3) is 14.4. The molecule has 118 heavy (non-hydrogen) atoms. The smallest absolute Gasteiger partial charge is 0.310 e. The number of ketones is 4. The molecule has 8 unspecified atom stereocenters. The molecule has 4 saturated heterocycles. The van der Waals surface area contributed by atoms with Crippen LogP contribution in [-0.4, -0.2) is 146 Å². The SMILES string of the molecule is COC(=O)[C@@H]1CC(O)C(=O)[C@H]2[C@@]1(C)CCC1C(=O)O[C@@H](c3ccoc3)C[C@@]12C.COC(=O)[C@@H]1CC(O)C(=O)[C@H]2[C@@]1(C)CCC1C(=O)O[C@@H](c3ccoc3)C[C@@]12C.COC(=O)[C@@H]1CC(OC(C)=O)C(=O)[C@H]2[C@@]1(C)CCC1C(=O)O[C@@H](c3ccoc3)C[C@@]12C.COC(=O)[C@@H]1CC(OC(C)=O)C(=O)[C@H]2[C@@]1(C)CCC1C(=O)O[C@@H](c3ccoc3)C[C@@]12C. The number of ether oxygens (including phenoxy) is 10. The Morgan fingerprint density at radius 2 is 0.559 bits per heavy atom. The maximum atomic E-state index is 13.7. The van der Waals surface area contributed by atoms with Gasteiger partial charge < -0.3 is 75.3 Å². The molecule has 2 N–H and O–H groups in total. The van der Waals surface area contributed by atoms with Gasteiger partial charge in [0.2, 0.25) is 0 Å². The number of Topliss-reactive ketones (excluding diaryl/α,β-unsaturated/α-hetero) is 4. The summed E-state index contributed by atoms with van der Waals surface area (Å²) in [5, 5.41) is 21.0. The molecule has 4 aromatic rings. The first kappa shape index (κ1) is 86.3. The number of methoxy groups -OCH3 is 4. The van der Waals surface area contributed by atoms with E-state index in [1.165, 1.54) is 79.9 Å². The Kier molecular flexibility index (Phi) is 23.5. The number of rotatable bonds is 10. The Morgan fingerprint density at radius 3 is 0.763 bits per heavy atom. The van der Waals surface area contributed by atoms with Crippen molar-refractivity contribution in [3.8, 4) is 0 Å². The van der Waals surface area contributed by atoms with E-state index in [1.807, 2.05) is 55.4 Å². The third-order valence-electron chi connectivity index (χ3n) is 30.7. The standard InChI is InChI=1S/2C23H28O8.2C21H26O7/c2*1-12(24)30-16-9-15(20(26)28-4)22(2)7-5-14-21(27)31-17(13-6-8-29-11-13)10-23(14,3)19(22)18(16)25;2*1-20-6-4-12-19(25)28-15(11-5-7-27-10-11)9-21(12,2)17(20)16(23)14(22)8-13(20)18(24)26-3/h2*6,8,11,14-17,19H,5,7,9-10H2,1-4H3;2*5,7,10,12-15,17,22H,4,6,8-9H2,1-3H3/t2*14?,15-,16?,17+,19-,22-,23-;2*12?,13-,14?,15+,17-,20-,21-/m0000/s1. The number of esters is 10. The van der Waals surface area contributed by atoms with Crippen LogP contribution in [-0.2, 0) is 114 Å². The van der Waals surface area contributed by atoms with E-state index in [-0.39, 0.29) is 72.7 Å². The zero-order valence-corrected chi connectivity index (χ0v) is 69.1. The molecule has 16 rings (SSSR count). The number of hydrogen-bond donors (Lipinski definition) is 2. The van der Waals surface area contributed by atoms with E-state index in [1.54, 1.807) is 36.8 Å². The van der Waals surface area contributed by atoms with Crippen molar-refractivity contribution in [3.63, 3.8) is 0 Å². The molecule has 30 nitrogen and oxygen atoms in total. The first-order valence-electron chi connectivity index (χ1n) is 40.7. The van der Waals surface area contributed by atoms with Gasteiger partial charge in [0.05, 0.1) is 126 Å². The molecule has 0 radical (unpaired) electrons. The van der Waals surface area contributed by atoms with Crippen molar-refractivity contribution in [2.24, 2.45) is 114 Å². The lowest BCUT2D eigenvalue weighted by Crippen LogP contribution is -2.64. The Morgan fingerprint density at radius 1 is 0.339 bits per heavy atom. The second kappa shape index (κ2) is 32.2. The van der Waals surface area contributed by atoms with E-state index < -0.39 is 199 Å². The molecule has 4 aromatic heterocycles. The van der Waals surface area contributed by atoms with Crippen LogP contribution in [0.2, 0.25) is 0 Å². The molecule has 0 amide bonds. The minimum atomic E-state index is -1.23. The summed E-state index contributed by atoms with van der Waals surface area (Å²) in [6.07, 6.45) is 11.7. The summed E-state index contributed by atoms with van der Waals surface area (Å²) >= 11 is 0. The highest BCUT2D eigenvalue weighted by Gasteiger charge is 2.73. The largest absolute Gasteiger partial charge is 0.472 e. The summed E-state index contributed by atoms with van der Waals surface area (Å²) < 4.78 is 74.2. The third-order valence-corrected chi connectivity index (χ3v) is 30.7. The molecule has 8 aliphatic carbocycles. The molecule has 8 saturated carbocycles. The predicted octanol–water partition coefficient (Wildman–Crippen LogP) is 10.9. The summed E-state index contributed by atoms with van der Waals surface area (Å²) in [5.74, 6) is -12.1. The quantitative estimate of drug-likeness (QED) is 0.110. The fourth-order valence-corrected chi connectivity index (χ4v) is 25.3. The lowest BCUT2D eigenvalue weighted by molar-refractivity contribution is -0.211. The van der Waals surface area contributed by atoms with Crippen LogP contribution in [0.25, 0.3) is 0 Å². The van der Waals surface area contributed by atoms with Gasteiger partial charge in [0.15, 0.2) is 35.3 Å². The number of hydrogen-bond acceptors (Lipinski definition) is 30. The Labute approximate surface area is 682 Å². The van der Waals surface area contributed by atoms with Crippen LogP contribution in [0.15, 0.2) is 92.0 Å². The van der Waals surface area contributed by atoms with Gasteiger partial charge in [-0.25, -0.2) is 0 Å². The van der Waals surface area contributed by atoms with Gasteiger partial charge in [-0.1, -0.05) is 55.4 Å². The van der Waals surface area contributed by atoms with Crippen molar-refractivity contribution in [2.45, 2.75) is 221 Å². The maximum absolute atomic E-state index is 13.7. The molecule has 0 aromatic carbocycles. The summed E-state index contributed by atoms with van der Waals surface area (Å²) in [5.41, 5.74) is -2.84. The van der Waals surface area contributed by atoms with E-state index in [9.17, 15) is 77.3 Å². The molecule has 30 heteroatoms. The van der Waals surface area contributed by atoms with Crippen molar-refractivity contribution in [1.29, 1.82) is 0 Å². The number of furan rings is 4. The fourth-order valence-electron chi connectivity index (χ4n) is 25.3. The van der Waals surface area contributed by atoms with Gasteiger partial charge in [-0.15, -0.1) is 0 Å². The second-order valence-electron chi connectivity index (χ2n) is 37.0. The highest BCUT2D eigenvalue weighted by atomic mass is 16.6. The molecule has 12 fully saturated rings. The van der Waals surface area contributed by atoms with Gasteiger partial charge in [0, 0.05) is 72.6 Å². The molecular weight excluding hydrogens is 1540 g/mol. The average molecular weight is 1650 g/mol. The number of aliphatic hydroxyl groups is 2. The van der Waals surface area contributed by atoms with Crippen LogP contribution < -0.4 is 0 Å². The van der Waals surface area contributed by atoms with E-state index >= 15 is 0 Å². The maximum Gasteiger partial charge on any atom is 0.310 e. The topological polar surface area (TPSA) is 424 Å². The number of aliphatic hydroxyl groups excluding tert-OH is 2. The zero-order valence-electron chi connectivity index (χ0n) is 69.1. The van der Waals surface area contributed by atoms with Crippen molar-refractivity contribution >= 4 is 82.8 Å². The molecule has 640 valence electrons. The van der Waals surface area contributed by atoms with Crippen LogP contribution in [0.1, 0.15) is 219 Å². The first-order valence-corrected chi connectivity index (χ1v) is 40.7. The second-order valence-corrected chi connectivity index (χ2v) is 37.0. The molecule has 4 aliphatic heterocycles. The van der Waals surface area contributed by atoms with E-state index in [0.717, 1.165) is 22.3 Å². The van der Waals surface area contributed by atoms with Crippen LogP contribution in [0.4, 0.5) is 0 Å². The Hall–Kier alpha value is -9.58. The molecule has 0 spiro atoms. The van der Waals surface area contributed by atoms with Gasteiger partial charge in [0.25, 0.3) is 0 Å². The summed E-state index contributed by atoms with van der Waals surface area (Å²) in [4.78, 5) is 180. The average Bonchev–Trinajstić information content (AvgIpc) is 0.765. The number of fused-ring (bicyclic) bond motifs is 12. The van der Waals surface area contributed by atoms with Crippen molar-refractivity contribution in [2.75, 3.05) is 28.4 Å². The van der Waals surface area contributed by atoms with Gasteiger partial charge in [-0.2, -0.15) is 0 Å². The monoisotopic (exact) mass is 1640 g/mol.